The van der Waals surface area contributed by atoms with Gasteiger partial charge in [0, 0.05) is 5.38 Å². The molecule has 3 aromatic rings. The average Bonchev–Trinajstić information content (AvgIpc) is 3.40. The van der Waals surface area contributed by atoms with Gasteiger partial charge in [-0.1, -0.05) is 18.2 Å². The molecule has 1 aliphatic carbocycles. The molecule has 1 aromatic carbocycles. The molecule has 150 valence electrons. The minimum absolute atomic E-state index is 0.0634. The summed E-state index contributed by atoms with van der Waals surface area (Å²) in [6.07, 6.45) is 6.38. The number of rotatable bonds is 6. The normalized spacial score (nSPS) is 14.1. The van der Waals surface area contributed by atoms with E-state index in [-0.39, 0.29) is 30.0 Å². The number of carbonyl (C=O) groups is 2. The maximum Gasteiger partial charge on any atom is 0.293 e. The Labute approximate surface area is 173 Å². The summed E-state index contributed by atoms with van der Waals surface area (Å²) in [4.78, 5) is 28.8. The fraction of sp³-hybridized carbons (Fsp3) is 0.318. The van der Waals surface area contributed by atoms with Crippen LogP contribution in [0.3, 0.4) is 0 Å². The molecule has 0 spiro atoms. The van der Waals surface area contributed by atoms with E-state index in [1.54, 1.807) is 17.5 Å². The van der Waals surface area contributed by atoms with E-state index in [9.17, 15) is 9.59 Å². The number of benzene rings is 1. The zero-order valence-electron chi connectivity index (χ0n) is 16.2. The molecule has 0 saturated carbocycles. The van der Waals surface area contributed by atoms with Gasteiger partial charge < -0.3 is 9.73 Å². The fourth-order valence-corrected chi connectivity index (χ4v) is 4.28. The largest absolute Gasteiger partial charge is 0.459 e. The molecule has 6 nitrogen and oxygen atoms in total. The molecule has 0 bridgehead atoms. The maximum absolute atomic E-state index is 12.5. The standard InChI is InChI=1S/C22H23N3O3S/c1-14(16-9-8-15-5-2-3-6-17(15)11-16)23-20(26)12-18-13-29-22(24-18)25-21(27)19-7-4-10-28-19/h4,7-11,13-14H,2-3,5-6,12H2,1H3,(H,23,26)(H,24,25,27). The summed E-state index contributed by atoms with van der Waals surface area (Å²) in [6.45, 7) is 2.00. The van der Waals surface area contributed by atoms with Gasteiger partial charge in [-0.15, -0.1) is 11.3 Å². The molecule has 1 atom stereocenters. The van der Waals surface area contributed by atoms with Crippen LogP contribution in [0.5, 0.6) is 0 Å². The molecule has 4 rings (SSSR count). The second kappa shape index (κ2) is 8.61. The van der Waals surface area contributed by atoms with Crippen molar-refractivity contribution in [2.75, 3.05) is 5.32 Å². The molecule has 29 heavy (non-hydrogen) atoms. The number of aryl methyl sites for hydroxylation is 2. The number of aromatic nitrogens is 1. The van der Waals surface area contributed by atoms with Crippen molar-refractivity contribution in [2.45, 2.75) is 45.1 Å². The van der Waals surface area contributed by atoms with Crippen LogP contribution in [-0.4, -0.2) is 16.8 Å². The fourth-order valence-electron chi connectivity index (χ4n) is 3.58. The number of nitrogens with zero attached hydrogens (tertiary/aromatic N) is 1. The van der Waals surface area contributed by atoms with Gasteiger partial charge in [0.1, 0.15) is 0 Å². The van der Waals surface area contributed by atoms with Crippen molar-refractivity contribution in [1.82, 2.24) is 10.3 Å². The van der Waals surface area contributed by atoms with E-state index >= 15 is 0 Å². The van der Waals surface area contributed by atoms with Crippen LogP contribution >= 0.6 is 11.3 Å². The van der Waals surface area contributed by atoms with Crippen molar-refractivity contribution < 1.29 is 14.0 Å². The highest BCUT2D eigenvalue weighted by atomic mass is 32.1. The third kappa shape index (κ3) is 4.74. The Morgan fingerprint density at radius 2 is 2.03 bits per heavy atom. The molecule has 0 saturated heterocycles. The zero-order chi connectivity index (χ0) is 20.2. The summed E-state index contributed by atoms with van der Waals surface area (Å²) in [5.41, 5.74) is 4.60. The van der Waals surface area contributed by atoms with Crippen molar-refractivity contribution in [3.63, 3.8) is 0 Å². The quantitative estimate of drug-likeness (QED) is 0.636. The van der Waals surface area contributed by atoms with Crippen molar-refractivity contribution in [3.05, 3.63) is 70.1 Å². The Morgan fingerprint density at radius 1 is 1.21 bits per heavy atom. The topological polar surface area (TPSA) is 84.2 Å². The zero-order valence-corrected chi connectivity index (χ0v) is 17.1. The molecule has 0 fully saturated rings. The Balaban J connectivity index is 1.32. The van der Waals surface area contributed by atoms with E-state index in [4.69, 9.17) is 4.42 Å². The SMILES string of the molecule is CC(NC(=O)Cc1csc(NC(=O)c2ccco2)n1)c1ccc2c(c1)CCCC2. The molecular weight excluding hydrogens is 386 g/mol. The first-order valence-corrected chi connectivity index (χ1v) is 10.7. The summed E-state index contributed by atoms with van der Waals surface area (Å²) in [6, 6.07) is 9.70. The third-order valence-corrected chi connectivity index (χ3v) is 5.92. The first kappa shape index (κ1) is 19.4. The predicted molar refractivity (Wildman–Crippen MR) is 112 cm³/mol. The van der Waals surface area contributed by atoms with E-state index in [0.29, 0.717) is 10.8 Å². The Bertz CT molecular complexity index is 1010. The molecule has 2 N–H and O–H groups in total. The van der Waals surface area contributed by atoms with Crippen LogP contribution < -0.4 is 10.6 Å². The lowest BCUT2D eigenvalue weighted by atomic mass is 9.89. The smallest absolute Gasteiger partial charge is 0.293 e. The van der Waals surface area contributed by atoms with Gasteiger partial charge in [0.15, 0.2) is 10.9 Å². The molecule has 1 aliphatic rings. The summed E-state index contributed by atoms with van der Waals surface area (Å²) < 4.78 is 5.06. The lowest BCUT2D eigenvalue weighted by Crippen LogP contribution is -2.28. The van der Waals surface area contributed by atoms with Crippen LogP contribution in [0.4, 0.5) is 5.13 Å². The van der Waals surface area contributed by atoms with E-state index in [1.807, 2.05) is 6.92 Å². The van der Waals surface area contributed by atoms with Crippen LogP contribution in [0.25, 0.3) is 0 Å². The number of fused-ring (bicyclic) bond motifs is 1. The van der Waals surface area contributed by atoms with Gasteiger partial charge in [0.05, 0.1) is 24.4 Å². The number of anilines is 1. The van der Waals surface area contributed by atoms with Crippen molar-refractivity contribution in [1.29, 1.82) is 0 Å². The summed E-state index contributed by atoms with van der Waals surface area (Å²) in [7, 11) is 0. The highest BCUT2D eigenvalue weighted by molar-refractivity contribution is 7.14. The first-order chi connectivity index (χ1) is 14.1. The highest BCUT2D eigenvalue weighted by Gasteiger charge is 2.16. The number of carbonyl (C=O) groups excluding carboxylic acids is 2. The molecule has 1 unspecified atom stereocenters. The van der Waals surface area contributed by atoms with Gasteiger partial charge in [0.2, 0.25) is 5.91 Å². The van der Waals surface area contributed by atoms with Gasteiger partial charge >= 0.3 is 0 Å². The van der Waals surface area contributed by atoms with E-state index in [1.165, 1.54) is 41.6 Å². The van der Waals surface area contributed by atoms with Crippen LogP contribution in [0.1, 0.15) is 58.7 Å². The van der Waals surface area contributed by atoms with Crippen LogP contribution in [0, 0.1) is 0 Å². The molecule has 2 aromatic heterocycles. The Hall–Kier alpha value is -2.93. The Kier molecular flexibility index (Phi) is 5.76. The highest BCUT2D eigenvalue weighted by Crippen LogP contribution is 2.25. The van der Waals surface area contributed by atoms with Gasteiger partial charge in [-0.25, -0.2) is 4.98 Å². The van der Waals surface area contributed by atoms with Crippen LogP contribution in [0.2, 0.25) is 0 Å². The molecule has 2 heterocycles. The Morgan fingerprint density at radius 3 is 2.83 bits per heavy atom. The molecule has 0 radical (unpaired) electrons. The number of amides is 2. The van der Waals surface area contributed by atoms with Gasteiger partial charge in [-0.2, -0.15) is 0 Å². The van der Waals surface area contributed by atoms with E-state index < -0.39 is 0 Å². The minimum atomic E-state index is -0.360. The monoisotopic (exact) mass is 409 g/mol. The lowest BCUT2D eigenvalue weighted by Gasteiger charge is -2.20. The molecule has 7 heteroatoms. The van der Waals surface area contributed by atoms with Crippen LogP contribution in [-0.2, 0) is 24.1 Å². The summed E-state index contributed by atoms with van der Waals surface area (Å²) in [5, 5.41) is 7.94. The first-order valence-electron chi connectivity index (χ1n) is 9.79. The number of furan rings is 1. The molecule has 0 aliphatic heterocycles. The lowest BCUT2D eigenvalue weighted by molar-refractivity contribution is -0.121. The van der Waals surface area contributed by atoms with Crippen molar-refractivity contribution >= 4 is 28.3 Å². The summed E-state index contributed by atoms with van der Waals surface area (Å²) in [5.74, 6) is -0.232. The third-order valence-electron chi connectivity index (χ3n) is 5.11. The minimum Gasteiger partial charge on any atom is -0.459 e. The second-order valence-electron chi connectivity index (χ2n) is 7.28. The van der Waals surface area contributed by atoms with Gasteiger partial charge in [-0.3, -0.25) is 14.9 Å². The number of hydrogen-bond donors (Lipinski definition) is 2. The predicted octanol–water partition coefficient (Wildman–Crippen LogP) is 4.29. The van der Waals surface area contributed by atoms with E-state index in [0.717, 1.165) is 18.4 Å². The average molecular weight is 410 g/mol. The summed E-state index contributed by atoms with van der Waals surface area (Å²) >= 11 is 1.28. The molecular formula is C22H23N3O3S. The number of nitrogens with one attached hydrogen (secondary N) is 2. The number of thiazole rings is 1. The second-order valence-corrected chi connectivity index (χ2v) is 8.13. The van der Waals surface area contributed by atoms with Crippen LogP contribution in [0.15, 0.2) is 46.4 Å². The number of hydrogen-bond acceptors (Lipinski definition) is 5. The van der Waals surface area contributed by atoms with Gasteiger partial charge in [-0.05, 0) is 61.4 Å². The molecule has 2 amide bonds. The van der Waals surface area contributed by atoms with Gasteiger partial charge in [0.25, 0.3) is 5.91 Å². The van der Waals surface area contributed by atoms with Crippen molar-refractivity contribution in [3.8, 4) is 0 Å². The maximum atomic E-state index is 12.5. The van der Waals surface area contributed by atoms with Crippen molar-refractivity contribution in [2.24, 2.45) is 0 Å². The van der Waals surface area contributed by atoms with E-state index in [2.05, 4.69) is 33.8 Å².